The maximum Gasteiger partial charge on any atom is 0.259 e. The smallest absolute Gasteiger partial charge is 0.259 e. The number of benzene rings is 1. The molecule has 0 bridgehead atoms. The minimum atomic E-state index is -0.0946. The van der Waals surface area contributed by atoms with Gasteiger partial charge in [0.05, 0.1) is 11.9 Å². The molecule has 0 radical (unpaired) electrons. The highest BCUT2D eigenvalue weighted by molar-refractivity contribution is 6.05. The molecule has 17 heavy (non-hydrogen) atoms. The lowest BCUT2D eigenvalue weighted by Gasteiger charge is -2.16. The van der Waals surface area contributed by atoms with E-state index in [-0.39, 0.29) is 5.91 Å². The third kappa shape index (κ3) is 2.42. The summed E-state index contributed by atoms with van der Waals surface area (Å²) in [7, 11) is 1.69. The molecule has 4 nitrogen and oxygen atoms in total. The Morgan fingerprint density at radius 3 is 2.47 bits per heavy atom. The van der Waals surface area contributed by atoms with Crippen molar-refractivity contribution >= 4 is 17.4 Å². The van der Waals surface area contributed by atoms with Crippen LogP contribution >= 0.6 is 0 Å². The van der Waals surface area contributed by atoms with Crippen molar-refractivity contribution in [2.75, 3.05) is 17.7 Å². The molecule has 2 rings (SSSR count). The van der Waals surface area contributed by atoms with Crippen molar-refractivity contribution < 1.29 is 4.79 Å². The molecule has 0 saturated carbocycles. The molecule has 1 heterocycles. The topological polar surface area (TPSA) is 59.2 Å². The van der Waals surface area contributed by atoms with E-state index >= 15 is 0 Å². The highest BCUT2D eigenvalue weighted by Gasteiger charge is 2.13. The molecule has 0 aliphatic carbocycles. The summed E-state index contributed by atoms with van der Waals surface area (Å²) in [5, 5.41) is 0. The summed E-state index contributed by atoms with van der Waals surface area (Å²) in [6.07, 6.45) is 1.53. The van der Waals surface area contributed by atoms with Gasteiger partial charge in [0.1, 0.15) is 5.82 Å². The van der Waals surface area contributed by atoms with Crippen LogP contribution in [0.4, 0.5) is 11.5 Å². The van der Waals surface area contributed by atoms with E-state index in [2.05, 4.69) is 4.98 Å². The van der Waals surface area contributed by atoms with Crippen LogP contribution in [0.3, 0.4) is 0 Å². The first-order valence-corrected chi connectivity index (χ1v) is 5.23. The molecule has 0 fully saturated rings. The van der Waals surface area contributed by atoms with Crippen LogP contribution in [0.1, 0.15) is 10.4 Å². The van der Waals surface area contributed by atoms with Crippen molar-refractivity contribution in [3.05, 3.63) is 54.2 Å². The summed E-state index contributed by atoms with van der Waals surface area (Å²) < 4.78 is 0. The predicted molar refractivity (Wildman–Crippen MR) is 67.8 cm³/mol. The number of nitrogens with two attached hydrogens (primary N) is 1. The minimum absolute atomic E-state index is 0.0946. The van der Waals surface area contributed by atoms with E-state index in [9.17, 15) is 4.79 Å². The number of rotatable bonds is 2. The Balaban J connectivity index is 2.23. The Kier molecular flexibility index (Phi) is 3.05. The number of nitrogen functional groups attached to an aromatic ring is 1. The highest BCUT2D eigenvalue weighted by Crippen LogP contribution is 2.13. The van der Waals surface area contributed by atoms with Crippen molar-refractivity contribution in [3.63, 3.8) is 0 Å². The van der Waals surface area contributed by atoms with Gasteiger partial charge in [-0.1, -0.05) is 18.2 Å². The standard InChI is InChI=1S/C13H13N3O/c1-16(12-8-7-11(14)9-15-12)13(17)10-5-3-2-4-6-10/h2-9H,14H2,1H3. The first-order chi connectivity index (χ1) is 8.18. The van der Waals surface area contributed by atoms with Gasteiger partial charge in [0.2, 0.25) is 0 Å². The zero-order valence-electron chi connectivity index (χ0n) is 9.50. The van der Waals surface area contributed by atoms with Crippen LogP contribution < -0.4 is 10.6 Å². The largest absolute Gasteiger partial charge is 0.397 e. The second kappa shape index (κ2) is 4.65. The number of pyridine rings is 1. The minimum Gasteiger partial charge on any atom is -0.397 e. The fourth-order valence-electron chi connectivity index (χ4n) is 1.47. The molecule has 0 aliphatic heterocycles. The summed E-state index contributed by atoms with van der Waals surface area (Å²) in [6.45, 7) is 0. The van der Waals surface area contributed by atoms with E-state index in [1.54, 1.807) is 31.3 Å². The van der Waals surface area contributed by atoms with Gasteiger partial charge in [0.25, 0.3) is 5.91 Å². The number of hydrogen-bond donors (Lipinski definition) is 1. The van der Waals surface area contributed by atoms with Crippen molar-refractivity contribution in [1.29, 1.82) is 0 Å². The number of aromatic nitrogens is 1. The van der Waals surface area contributed by atoms with Gasteiger partial charge in [-0.25, -0.2) is 4.98 Å². The monoisotopic (exact) mass is 227 g/mol. The summed E-state index contributed by atoms with van der Waals surface area (Å²) in [6, 6.07) is 12.5. The zero-order valence-corrected chi connectivity index (χ0v) is 9.50. The molecule has 0 aliphatic rings. The molecule has 1 aromatic carbocycles. The highest BCUT2D eigenvalue weighted by atomic mass is 16.2. The normalized spacial score (nSPS) is 9.94. The average Bonchev–Trinajstić information content (AvgIpc) is 2.39. The number of nitrogens with zero attached hydrogens (tertiary/aromatic N) is 2. The number of anilines is 2. The van der Waals surface area contributed by atoms with Crippen molar-refractivity contribution in [2.24, 2.45) is 0 Å². The Morgan fingerprint density at radius 2 is 1.88 bits per heavy atom. The quantitative estimate of drug-likeness (QED) is 0.852. The van der Waals surface area contributed by atoms with Crippen molar-refractivity contribution in [3.8, 4) is 0 Å². The number of hydrogen-bond acceptors (Lipinski definition) is 3. The van der Waals surface area contributed by atoms with Crippen LogP contribution in [0.5, 0.6) is 0 Å². The van der Waals surface area contributed by atoms with Crippen molar-refractivity contribution in [1.82, 2.24) is 4.98 Å². The summed E-state index contributed by atoms with van der Waals surface area (Å²) >= 11 is 0. The molecule has 1 amide bonds. The van der Waals surface area contributed by atoms with E-state index in [0.29, 0.717) is 17.1 Å². The summed E-state index contributed by atoms with van der Waals surface area (Å²) in [4.78, 5) is 17.7. The van der Waals surface area contributed by atoms with E-state index in [1.165, 1.54) is 11.1 Å². The van der Waals surface area contributed by atoms with E-state index < -0.39 is 0 Å². The lowest BCUT2D eigenvalue weighted by atomic mass is 10.2. The Hall–Kier alpha value is -2.36. The maximum atomic E-state index is 12.1. The molecule has 0 unspecified atom stereocenters. The fraction of sp³-hybridized carbons (Fsp3) is 0.0769. The van der Waals surface area contributed by atoms with E-state index in [4.69, 9.17) is 5.73 Å². The van der Waals surface area contributed by atoms with Crippen LogP contribution in [0, 0.1) is 0 Å². The summed E-state index contributed by atoms with van der Waals surface area (Å²) in [5.41, 5.74) is 6.76. The first-order valence-electron chi connectivity index (χ1n) is 5.23. The zero-order chi connectivity index (χ0) is 12.3. The van der Waals surface area contributed by atoms with Crippen LogP contribution in [-0.4, -0.2) is 17.9 Å². The van der Waals surface area contributed by atoms with Gasteiger partial charge in [-0.15, -0.1) is 0 Å². The number of amides is 1. The second-order valence-corrected chi connectivity index (χ2v) is 3.68. The molecule has 4 heteroatoms. The average molecular weight is 227 g/mol. The molecule has 2 N–H and O–H groups in total. The van der Waals surface area contributed by atoms with Gasteiger partial charge in [0, 0.05) is 12.6 Å². The van der Waals surface area contributed by atoms with Crippen molar-refractivity contribution in [2.45, 2.75) is 0 Å². The molecule has 86 valence electrons. The Morgan fingerprint density at radius 1 is 1.18 bits per heavy atom. The predicted octanol–water partition coefficient (Wildman–Crippen LogP) is 1.94. The Labute approximate surface area is 99.7 Å². The third-order valence-electron chi connectivity index (χ3n) is 2.44. The molecule has 0 saturated heterocycles. The number of carbonyl (C=O) groups is 1. The van der Waals surface area contributed by atoms with Crippen LogP contribution in [0.2, 0.25) is 0 Å². The molecular weight excluding hydrogens is 214 g/mol. The molecular formula is C13H13N3O. The Bertz CT molecular complexity index is 508. The van der Waals surface area contributed by atoms with Gasteiger partial charge in [-0.05, 0) is 24.3 Å². The van der Waals surface area contributed by atoms with Crippen LogP contribution in [0.15, 0.2) is 48.7 Å². The summed E-state index contributed by atoms with van der Waals surface area (Å²) in [5.74, 6) is 0.482. The lowest BCUT2D eigenvalue weighted by Crippen LogP contribution is -2.26. The van der Waals surface area contributed by atoms with Gasteiger partial charge < -0.3 is 5.73 Å². The van der Waals surface area contributed by atoms with E-state index in [0.717, 1.165) is 0 Å². The van der Waals surface area contributed by atoms with Gasteiger partial charge >= 0.3 is 0 Å². The van der Waals surface area contributed by atoms with Gasteiger partial charge in [-0.2, -0.15) is 0 Å². The molecule has 2 aromatic rings. The second-order valence-electron chi connectivity index (χ2n) is 3.68. The molecule has 0 atom stereocenters. The van der Waals surface area contributed by atoms with Gasteiger partial charge in [-0.3, -0.25) is 9.69 Å². The lowest BCUT2D eigenvalue weighted by molar-refractivity contribution is 0.0992. The van der Waals surface area contributed by atoms with E-state index in [1.807, 2.05) is 18.2 Å². The SMILES string of the molecule is CN(C(=O)c1ccccc1)c1ccc(N)cn1. The third-order valence-corrected chi connectivity index (χ3v) is 2.44. The van der Waals surface area contributed by atoms with Gasteiger partial charge in [0.15, 0.2) is 0 Å². The fourth-order valence-corrected chi connectivity index (χ4v) is 1.47. The molecule has 0 spiro atoms. The molecule has 1 aromatic heterocycles. The first kappa shape index (κ1) is 11.1. The maximum absolute atomic E-state index is 12.1. The number of carbonyl (C=O) groups excluding carboxylic acids is 1. The van der Waals surface area contributed by atoms with Crippen LogP contribution in [0.25, 0.3) is 0 Å². The van der Waals surface area contributed by atoms with Crippen LogP contribution in [-0.2, 0) is 0 Å².